The van der Waals surface area contributed by atoms with Crippen molar-refractivity contribution in [2.75, 3.05) is 12.3 Å². The van der Waals surface area contributed by atoms with Gasteiger partial charge in [0, 0.05) is 10.6 Å². The van der Waals surface area contributed by atoms with Crippen LogP contribution in [0.15, 0.2) is 36.4 Å². The lowest BCUT2D eigenvalue weighted by Crippen LogP contribution is -2.15. The van der Waals surface area contributed by atoms with Gasteiger partial charge in [0.05, 0.1) is 16.3 Å². The highest BCUT2D eigenvalue weighted by atomic mass is 35.5. The predicted molar refractivity (Wildman–Crippen MR) is 81.9 cm³/mol. The molecule has 0 saturated heterocycles. The van der Waals surface area contributed by atoms with Crippen molar-refractivity contribution in [1.29, 1.82) is 0 Å². The number of benzene rings is 2. The molecule has 0 fully saturated rings. The highest BCUT2D eigenvalue weighted by Crippen LogP contribution is 2.28. The van der Waals surface area contributed by atoms with Gasteiger partial charge >= 0.3 is 5.97 Å². The maximum atomic E-state index is 13.0. The zero-order chi connectivity index (χ0) is 16.3. The van der Waals surface area contributed by atoms with Crippen molar-refractivity contribution in [3.05, 3.63) is 63.4 Å². The number of ketones is 1. The van der Waals surface area contributed by atoms with Crippen molar-refractivity contribution in [1.82, 2.24) is 0 Å². The largest absolute Gasteiger partial charge is 0.454 e. The second-order valence-corrected chi connectivity index (χ2v) is 5.20. The molecule has 0 aromatic heterocycles. The molecule has 2 N–H and O–H groups in total. The summed E-state index contributed by atoms with van der Waals surface area (Å²) >= 11 is 11.6. The summed E-state index contributed by atoms with van der Waals surface area (Å²) < 4.78 is 17.9. The van der Waals surface area contributed by atoms with Gasteiger partial charge in [-0.1, -0.05) is 35.3 Å². The molecule has 0 bridgehead atoms. The molecule has 2 aromatic carbocycles. The van der Waals surface area contributed by atoms with E-state index in [1.54, 1.807) is 0 Å². The fourth-order valence-corrected chi connectivity index (χ4v) is 2.20. The molecule has 22 heavy (non-hydrogen) atoms. The number of carbonyl (C=O) groups is 2. The summed E-state index contributed by atoms with van der Waals surface area (Å²) in [5.74, 6) is -1.94. The Kier molecular flexibility index (Phi) is 5.00. The van der Waals surface area contributed by atoms with Crippen molar-refractivity contribution in [3.8, 4) is 0 Å². The maximum Gasteiger partial charge on any atom is 0.340 e. The summed E-state index contributed by atoms with van der Waals surface area (Å²) in [6, 6.07) is 7.74. The Morgan fingerprint density at radius 2 is 1.91 bits per heavy atom. The molecular formula is C15H10Cl2FNO3. The van der Waals surface area contributed by atoms with Gasteiger partial charge in [0.2, 0.25) is 0 Å². The second-order valence-electron chi connectivity index (χ2n) is 4.36. The molecule has 4 nitrogen and oxygen atoms in total. The molecule has 0 atom stereocenters. The zero-order valence-corrected chi connectivity index (χ0v) is 12.6. The first-order valence-corrected chi connectivity index (χ1v) is 6.84. The molecule has 0 saturated carbocycles. The van der Waals surface area contributed by atoms with E-state index in [1.807, 2.05) is 0 Å². The van der Waals surface area contributed by atoms with Gasteiger partial charge in [-0.05, 0) is 24.3 Å². The smallest absolute Gasteiger partial charge is 0.340 e. The van der Waals surface area contributed by atoms with Gasteiger partial charge in [-0.3, -0.25) is 4.79 Å². The molecule has 2 rings (SSSR count). The Morgan fingerprint density at radius 1 is 1.18 bits per heavy atom. The predicted octanol–water partition coefficient (Wildman–Crippen LogP) is 3.75. The van der Waals surface area contributed by atoms with Crippen molar-refractivity contribution >= 4 is 40.6 Å². The molecule has 0 aliphatic carbocycles. The number of hydrogen-bond acceptors (Lipinski definition) is 4. The van der Waals surface area contributed by atoms with Crippen LogP contribution in [0.4, 0.5) is 10.1 Å². The van der Waals surface area contributed by atoms with Gasteiger partial charge in [0.15, 0.2) is 12.4 Å². The molecule has 114 valence electrons. The second kappa shape index (κ2) is 6.77. The number of Topliss-reactive ketones (excluding diaryl/α,β-unsaturated/α-hetero) is 1. The Hall–Kier alpha value is -2.11. The molecule has 0 amide bonds. The van der Waals surface area contributed by atoms with E-state index >= 15 is 0 Å². The number of nitrogen functional groups attached to an aromatic ring is 1. The summed E-state index contributed by atoms with van der Waals surface area (Å²) in [6.45, 7) is -0.550. The van der Waals surface area contributed by atoms with E-state index in [0.29, 0.717) is 0 Å². The molecule has 0 aliphatic rings. The molecule has 0 unspecified atom stereocenters. The monoisotopic (exact) mass is 341 g/mol. The number of carbonyl (C=O) groups excluding carboxylic acids is 2. The maximum absolute atomic E-state index is 13.0. The molecule has 0 aliphatic heterocycles. The lowest BCUT2D eigenvalue weighted by molar-refractivity contribution is 0.0475. The number of anilines is 1. The molecule has 0 spiro atoms. The van der Waals surface area contributed by atoms with Crippen LogP contribution in [0.3, 0.4) is 0 Å². The third kappa shape index (κ3) is 3.75. The standard InChI is InChI=1S/C15H10Cl2FNO3/c16-9-5-11(14(19)12(17)6-9)15(21)22-7-13(20)8-2-1-3-10(18)4-8/h1-6H,7,19H2. The van der Waals surface area contributed by atoms with Crippen molar-refractivity contribution in [2.24, 2.45) is 0 Å². The van der Waals surface area contributed by atoms with Crippen LogP contribution < -0.4 is 5.73 Å². The highest BCUT2D eigenvalue weighted by Gasteiger charge is 2.17. The first-order chi connectivity index (χ1) is 10.4. The number of halogens is 3. The van der Waals surface area contributed by atoms with Crippen LogP contribution in [-0.2, 0) is 4.74 Å². The van der Waals surface area contributed by atoms with Crippen molar-refractivity contribution in [2.45, 2.75) is 0 Å². The SMILES string of the molecule is Nc1c(Cl)cc(Cl)cc1C(=O)OCC(=O)c1cccc(F)c1. The van der Waals surface area contributed by atoms with Crippen molar-refractivity contribution < 1.29 is 18.7 Å². The average Bonchev–Trinajstić information content (AvgIpc) is 2.48. The van der Waals surface area contributed by atoms with E-state index in [2.05, 4.69) is 0 Å². The zero-order valence-electron chi connectivity index (χ0n) is 11.1. The van der Waals surface area contributed by atoms with E-state index in [4.69, 9.17) is 33.7 Å². The normalized spacial score (nSPS) is 10.3. The number of hydrogen-bond donors (Lipinski definition) is 1. The van der Waals surface area contributed by atoms with Crippen LogP contribution in [0.1, 0.15) is 20.7 Å². The molecular weight excluding hydrogens is 332 g/mol. The van der Waals surface area contributed by atoms with Crippen LogP contribution >= 0.6 is 23.2 Å². The van der Waals surface area contributed by atoms with Crippen LogP contribution in [0, 0.1) is 5.82 Å². The Labute approximate surface area is 135 Å². The van der Waals surface area contributed by atoms with E-state index in [9.17, 15) is 14.0 Å². The summed E-state index contributed by atoms with van der Waals surface area (Å²) in [5, 5.41) is 0.318. The minimum atomic E-state index is -0.841. The van der Waals surface area contributed by atoms with Crippen LogP contribution in [0.5, 0.6) is 0 Å². The minimum absolute atomic E-state index is 0.00858. The summed E-state index contributed by atoms with van der Waals surface area (Å²) in [7, 11) is 0. The fraction of sp³-hybridized carbons (Fsp3) is 0.0667. The van der Waals surface area contributed by atoms with E-state index in [0.717, 1.165) is 6.07 Å². The quantitative estimate of drug-likeness (QED) is 0.522. The third-order valence-corrected chi connectivity index (χ3v) is 3.33. The van der Waals surface area contributed by atoms with Crippen LogP contribution in [0.25, 0.3) is 0 Å². The molecule has 0 radical (unpaired) electrons. The van der Waals surface area contributed by atoms with Gasteiger partial charge in [0.1, 0.15) is 5.82 Å². The van der Waals surface area contributed by atoms with Gasteiger partial charge in [0.25, 0.3) is 0 Å². The lowest BCUT2D eigenvalue weighted by atomic mass is 10.1. The van der Waals surface area contributed by atoms with Crippen LogP contribution in [0.2, 0.25) is 10.0 Å². The number of ether oxygens (including phenoxy) is 1. The number of nitrogens with two attached hydrogens (primary N) is 1. The Balaban J connectivity index is 2.09. The first-order valence-electron chi connectivity index (χ1n) is 6.09. The topological polar surface area (TPSA) is 69.4 Å². The molecule has 0 heterocycles. The van der Waals surface area contributed by atoms with E-state index in [-0.39, 0.29) is 26.9 Å². The van der Waals surface area contributed by atoms with Crippen molar-refractivity contribution in [3.63, 3.8) is 0 Å². The summed E-state index contributed by atoms with van der Waals surface area (Å²) in [5.41, 5.74) is 5.74. The van der Waals surface area contributed by atoms with Crippen LogP contribution in [-0.4, -0.2) is 18.4 Å². The third-order valence-electron chi connectivity index (χ3n) is 2.80. The number of rotatable bonds is 4. The van der Waals surface area contributed by atoms with Gasteiger partial charge in [-0.15, -0.1) is 0 Å². The first kappa shape index (κ1) is 16.3. The lowest BCUT2D eigenvalue weighted by Gasteiger charge is -2.08. The van der Waals surface area contributed by atoms with E-state index in [1.165, 1.54) is 30.3 Å². The average molecular weight is 342 g/mol. The van der Waals surface area contributed by atoms with Gasteiger partial charge < -0.3 is 10.5 Å². The summed E-state index contributed by atoms with van der Waals surface area (Å²) in [6.07, 6.45) is 0. The fourth-order valence-electron chi connectivity index (χ4n) is 1.71. The minimum Gasteiger partial charge on any atom is -0.454 e. The Bertz CT molecular complexity index is 750. The molecule has 7 heteroatoms. The van der Waals surface area contributed by atoms with Gasteiger partial charge in [-0.2, -0.15) is 0 Å². The molecule has 2 aromatic rings. The summed E-state index contributed by atoms with van der Waals surface area (Å²) in [4.78, 5) is 23.8. The Morgan fingerprint density at radius 3 is 2.59 bits per heavy atom. The number of esters is 1. The highest BCUT2D eigenvalue weighted by molar-refractivity contribution is 6.37. The van der Waals surface area contributed by atoms with Gasteiger partial charge in [-0.25, -0.2) is 9.18 Å². The van der Waals surface area contributed by atoms with E-state index < -0.39 is 24.2 Å².